The largest absolute Gasteiger partial charge is 0.478 e. The molecule has 0 aromatic heterocycles. The van der Waals surface area contributed by atoms with Crippen molar-refractivity contribution in [2.45, 2.75) is 13.8 Å². The third-order valence-corrected chi connectivity index (χ3v) is 2.97. The highest BCUT2D eigenvalue weighted by molar-refractivity contribution is 5.96. The van der Waals surface area contributed by atoms with E-state index in [4.69, 9.17) is 5.11 Å². The van der Waals surface area contributed by atoms with Crippen molar-refractivity contribution in [1.29, 1.82) is 0 Å². The summed E-state index contributed by atoms with van der Waals surface area (Å²) in [5.74, 6) is -3.14. The molecule has 0 radical (unpaired) electrons. The third kappa shape index (κ3) is 2.34. The summed E-state index contributed by atoms with van der Waals surface area (Å²) in [7, 11) is 0. The number of carbonyl (C=O) groups is 1. The summed E-state index contributed by atoms with van der Waals surface area (Å²) in [5.41, 5.74) is 1.02. The quantitative estimate of drug-likeness (QED) is 0.889. The number of benzene rings is 2. The smallest absolute Gasteiger partial charge is 0.336 e. The van der Waals surface area contributed by atoms with E-state index in [9.17, 15) is 13.6 Å². The van der Waals surface area contributed by atoms with Gasteiger partial charge in [0.15, 0.2) is 11.6 Å². The van der Waals surface area contributed by atoms with Crippen LogP contribution in [0.5, 0.6) is 0 Å². The molecule has 0 bridgehead atoms. The van der Waals surface area contributed by atoms with Crippen LogP contribution in [0.15, 0.2) is 30.3 Å². The van der Waals surface area contributed by atoms with Crippen molar-refractivity contribution in [3.8, 4) is 11.1 Å². The summed E-state index contributed by atoms with van der Waals surface area (Å²) in [6, 6.07) is 7.42. The average Bonchev–Trinajstić information content (AvgIpc) is 2.37. The van der Waals surface area contributed by atoms with Crippen LogP contribution in [0, 0.1) is 25.5 Å². The summed E-state index contributed by atoms with van der Waals surface area (Å²) in [6.45, 7) is 3.19. The van der Waals surface area contributed by atoms with E-state index >= 15 is 0 Å². The third-order valence-electron chi connectivity index (χ3n) is 2.97. The fourth-order valence-corrected chi connectivity index (χ4v) is 1.92. The minimum atomic E-state index is -1.17. The van der Waals surface area contributed by atoms with Crippen LogP contribution in [0.2, 0.25) is 0 Å². The minimum Gasteiger partial charge on any atom is -0.478 e. The van der Waals surface area contributed by atoms with Crippen LogP contribution in [0.3, 0.4) is 0 Å². The second kappa shape index (κ2) is 4.80. The normalized spacial score (nSPS) is 10.5. The van der Waals surface area contributed by atoms with Crippen LogP contribution in [0.4, 0.5) is 8.78 Å². The van der Waals surface area contributed by atoms with Gasteiger partial charge < -0.3 is 5.11 Å². The first-order valence-corrected chi connectivity index (χ1v) is 5.70. The predicted octanol–water partition coefficient (Wildman–Crippen LogP) is 3.95. The van der Waals surface area contributed by atoms with Gasteiger partial charge in [-0.2, -0.15) is 0 Å². The summed E-state index contributed by atoms with van der Waals surface area (Å²) < 4.78 is 27.5. The topological polar surface area (TPSA) is 37.3 Å². The molecule has 19 heavy (non-hydrogen) atoms. The molecule has 0 aliphatic carbocycles. The van der Waals surface area contributed by atoms with Crippen molar-refractivity contribution in [2.24, 2.45) is 0 Å². The molecule has 0 atom stereocenters. The number of aryl methyl sites for hydroxylation is 2. The molecular weight excluding hydrogens is 250 g/mol. The number of aromatic carboxylic acids is 1. The number of carboxylic acid groups (broad SMARTS) is 1. The van der Waals surface area contributed by atoms with Crippen LogP contribution in [0.25, 0.3) is 11.1 Å². The van der Waals surface area contributed by atoms with Crippen LogP contribution >= 0.6 is 0 Å². The van der Waals surface area contributed by atoms with Gasteiger partial charge in [-0.25, -0.2) is 13.6 Å². The maximum absolute atomic E-state index is 13.9. The first-order valence-electron chi connectivity index (χ1n) is 5.70. The summed E-state index contributed by atoms with van der Waals surface area (Å²) in [6.07, 6.45) is 0. The van der Waals surface area contributed by atoms with Crippen LogP contribution < -0.4 is 0 Å². The van der Waals surface area contributed by atoms with E-state index in [2.05, 4.69) is 0 Å². The number of carboxylic acids is 1. The zero-order valence-corrected chi connectivity index (χ0v) is 10.5. The molecule has 0 aliphatic rings. The molecule has 0 amide bonds. The lowest BCUT2D eigenvalue weighted by molar-refractivity contribution is 0.0697. The highest BCUT2D eigenvalue weighted by Gasteiger charge is 2.18. The Morgan fingerprint density at radius 3 is 2.26 bits per heavy atom. The predicted molar refractivity (Wildman–Crippen MR) is 68.2 cm³/mol. The molecule has 0 aliphatic heterocycles. The monoisotopic (exact) mass is 262 g/mol. The fourth-order valence-electron chi connectivity index (χ4n) is 1.92. The number of halogens is 2. The minimum absolute atomic E-state index is 0.0397. The van der Waals surface area contributed by atoms with Crippen molar-refractivity contribution in [3.63, 3.8) is 0 Å². The number of rotatable bonds is 2. The summed E-state index contributed by atoms with van der Waals surface area (Å²) in [4.78, 5) is 11.2. The first-order chi connectivity index (χ1) is 8.91. The van der Waals surface area contributed by atoms with Gasteiger partial charge in [0.1, 0.15) is 0 Å². The first kappa shape index (κ1) is 13.2. The van der Waals surface area contributed by atoms with Crippen LogP contribution in [0.1, 0.15) is 21.5 Å². The lowest BCUT2D eigenvalue weighted by Crippen LogP contribution is -2.02. The van der Waals surface area contributed by atoms with E-state index in [1.807, 2.05) is 0 Å². The van der Waals surface area contributed by atoms with E-state index in [0.717, 1.165) is 5.56 Å². The van der Waals surface area contributed by atoms with E-state index < -0.39 is 17.6 Å². The van der Waals surface area contributed by atoms with E-state index in [1.165, 1.54) is 31.2 Å². The van der Waals surface area contributed by atoms with Gasteiger partial charge in [-0.05, 0) is 31.0 Å². The average molecular weight is 262 g/mol. The van der Waals surface area contributed by atoms with E-state index in [-0.39, 0.29) is 22.3 Å². The Bertz CT molecular complexity index is 663. The standard InChI is InChI=1S/C15H12F2O2/c1-8-3-5-10(12(7-8)15(18)19)11-6-4-9(2)13(16)14(11)17/h3-7H,1-2H3,(H,18,19). The zero-order chi connectivity index (χ0) is 14.2. The van der Waals surface area contributed by atoms with Crippen LogP contribution in [-0.2, 0) is 0 Å². The van der Waals surface area contributed by atoms with E-state index in [0.29, 0.717) is 0 Å². The molecule has 98 valence electrons. The maximum Gasteiger partial charge on any atom is 0.336 e. The van der Waals surface area contributed by atoms with Crippen molar-refractivity contribution < 1.29 is 18.7 Å². The van der Waals surface area contributed by atoms with Crippen molar-refractivity contribution in [3.05, 3.63) is 58.7 Å². The molecule has 1 N–H and O–H groups in total. The van der Waals surface area contributed by atoms with Crippen molar-refractivity contribution >= 4 is 5.97 Å². The molecular formula is C15H12F2O2. The fraction of sp³-hybridized carbons (Fsp3) is 0.133. The van der Waals surface area contributed by atoms with Gasteiger partial charge in [0.05, 0.1) is 5.56 Å². The second-order valence-corrected chi connectivity index (χ2v) is 4.41. The SMILES string of the molecule is Cc1ccc(-c2ccc(C)c(F)c2F)c(C(=O)O)c1. The Kier molecular flexibility index (Phi) is 3.34. The van der Waals surface area contributed by atoms with Crippen molar-refractivity contribution in [2.75, 3.05) is 0 Å². The Labute approximate surface area is 109 Å². The molecule has 0 fully saturated rings. The van der Waals surface area contributed by atoms with Crippen LogP contribution in [-0.4, -0.2) is 11.1 Å². The van der Waals surface area contributed by atoms with Gasteiger partial charge in [0, 0.05) is 5.56 Å². The molecule has 0 unspecified atom stereocenters. The summed E-state index contributed by atoms with van der Waals surface area (Å²) in [5, 5.41) is 9.15. The molecule has 2 aromatic carbocycles. The summed E-state index contributed by atoms with van der Waals surface area (Å²) >= 11 is 0. The van der Waals surface area contributed by atoms with Gasteiger partial charge in [0.25, 0.3) is 0 Å². The Morgan fingerprint density at radius 2 is 1.63 bits per heavy atom. The molecule has 2 aromatic rings. The van der Waals surface area contributed by atoms with Gasteiger partial charge >= 0.3 is 5.97 Å². The molecule has 0 saturated carbocycles. The molecule has 0 heterocycles. The van der Waals surface area contributed by atoms with Gasteiger partial charge in [0.2, 0.25) is 0 Å². The Morgan fingerprint density at radius 1 is 1.00 bits per heavy atom. The van der Waals surface area contributed by atoms with Crippen molar-refractivity contribution in [1.82, 2.24) is 0 Å². The molecule has 2 rings (SSSR count). The number of hydrogen-bond acceptors (Lipinski definition) is 1. The maximum atomic E-state index is 13.9. The Balaban J connectivity index is 2.72. The van der Waals surface area contributed by atoms with Gasteiger partial charge in [-0.15, -0.1) is 0 Å². The second-order valence-electron chi connectivity index (χ2n) is 4.41. The molecule has 0 saturated heterocycles. The zero-order valence-electron chi connectivity index (χ0n) is 10.5. The Hall–Kier alpha value is -2.23. The molecule has 4 heteroatoms. The van der Waals surface area contributed by atoms with Gasteiger partial charge in [-0.1, -0.05) is 29.8 Å². The lowest BCUT2D eigenvalue weighted by atomic mass is 9.96. The highest BCUT2D eigenvalue weighted by Crippen LogP contribution is 2.29. The van der Waals surface area contributed by atoms with E-state index in [1.54, 1.807) is 13.0 Å². The number of hydrogen-bond donors (Lipinski definition) is 1. The lowest BCUT2D eigenvalue weighted by Gasteiger charge is -2.10. The highest BCUT2D eigenvalue weighted by atomic mass is 19.2. The van der Waals surface area contributed by atoms with Gasteiger partial charge in [-0.3, -0.25) is 0 Å². The molecule has 2 nitrogen and oxygen atoms in total. The molecule has 0 spiro atoms.